The van der Waals surface area contributed by atoms with Gasteiger partial charge in [0.2, 0.25) is 0 Å². The van der Waals surface area contributed by atoms with Crippen molar-refractivity contribution in [2.45, 2.75) is 64.7 Å². The highest BCUT2D eigenvalue weighted by molar-refractivity contribution is 6.35. The normalized spacial score (nSPS) is 10.6. The number of ether oxygens (including phenoxy) is 1. The number of nitrogens with one attached hydrogen (secondary N) is 1. The van der Waals surface area contributed by atoms with Crippen molar-refractivity contribution in [1.29, 1.82) is 0 Å². The molecule has 0 radical (unpaired) electrons. The molecule has 1 aromatic rings. The Hall–Kier alpha value is -0.930. The maximum Gasteiger partial charge on any atom is 0.257 e. The first-order valence-corrected chi connectivity index (χ1v) is 9.73. The van der Waals surface area contributed by atoms with E-state index in [1.807, 2.05) is 0 Å². The first kappa shape index (κ1) is 21.1. The third kappa shape index (κ3) is 10.0. The van der Waals surface area contributed by atoms with Gasteiger partial charge in [-0.15, -0.1) is 0 Å². The van der Waals surface area contributed by atoms with Crippen LogP contribution in [0.3, 0.4) is 0 Å². The first-order valence-electron chi connectivity index (χ1n) is 8.98. The number of halogens is 2. The molecule has 1 amide bonds. The summed E-state index contributed by atoms with van der Waals surface area (Å²) in [4.78, 5) is 11.7. The third-order valence-corrected chi connectivity index (χ3v) is 4.39. The van der Waals surface area contributed by atoms with Crippen molar-refractivity contribution in [1.82, 2.24) is 5.32 Å². The molecule has 24 heavy (non-hydrogen) atoms. The van der Waals surface area contributed by atoms with E-state index in [4.69, 9.17) is 27.9 Å². The predicted molar refractivity (Wildman–Crippen MR) is 102 cm³/mol. The molecule has 1 N–H and O–H groups in total. The minimum atomic E-state index is -0.124. The van der Waals surface area contributed by atoms with Gasteiger partial charge < -0.3 is 10.1 Å². The zero-order valence-electron chi connectivity index (χ0n) is 14.6. The third-order valence-electron chi connectivity index (χ3n) is 3.86. The zero-order valence-corrected chi connectivity index (χ0v) is 16.1. The minimum Gasteiger partial charge on any atom is -0.482 e. The van der Waals surface area contributed by atoms with Gasteiger partial charge in [-0.25, -0.2) is 0 Å². The quantitative estimate of drug-likeness (QED) is 0.429. The minimum absolute atomic E-state index is 0.0290. The van der Waals surface area contributed by atoms with Crippen LogP contribution in [0.1, 0.15) is 64.7 Å². The number of benzene rings is 1. The van der Waals surface area contributed by atoms with Crippen LogP contribution in [0.25, 0.3) is 0 Å². The molecule has 0 spiro atoms. The Bertz CT molecular complexity index is 480. The Morgan fingerprint density at radius 3 is 2.25 bits per heavy atom. The van der Waals surface area contributed by atoms with Gasteiger partial charge in [0.25, 0.3) is 5.91 Å². The van der Waals surface area contributed by atoms with Crippen molar-refractivity contribution >= 4 is 29.1 Å². The highest BCUT2D eigenvalue weighted by Crippen LogP contribution is 2.27. The van der Waals surface area contributed by atoms with Crippen LogP contribution in [-0.4, -0.2) is 19.1 Å². The number of amides is 1. The summed E-state index contributed by atoms with van der Waals surface area (Å²) in [6, 6.07) is 4.94. The number of carbonyl (C=O) groups is 1. The molecule has 0 fully saturated rings. The molecule has 0 saturated heterocycles. The molecule has 5 heteroatoms. The van der Waals surface area contributed by atoms with E-state index in [2.05, 4.69) is 12.2 Å². The zero-order chi connectivity index (χ0) is 17.6. The Balaban J connectivity index is 1.98. The maximum atomic E-state index is 11.7. The van der Waals surface area contributed by atoms with E-state index in [9.17, 15) is 4.79 Å². The molecule has 0 saturated carbocycles. The standard InChI is InChI=1S/C19H29Cl2NO2/c1-2-3-4-5-6-7-8-9-10-13-22-19(23)15-24-18-12-11-16(20)14-17(18)21/h11-12,14H,2-10,13,15H2,1H3,(H,22,23). The van der Waals surface area contributed by atoms with Gasteiger partial charge in [-0.2, -0.15) is 0 Å². The molecular formula is C19H29Cl2NO2. The molecule has 0 unspecified atom stereocenters. The summed E-state index contributed by atoms with van der Waals surface area (Å²) in [7, 11) is 0. The Labute approximate surface area is 156 Å². The van der Waals surface area contributed by atoms with Gasteiger partial charge in [0.05, 0.1) is 5.02 Å². The van der Waals surface area contributed by atoms with Crippen LogP contribution in [0.4, 0.5) is 0 Å². The van der Waals surface area contributed by atoms with E-state index >= 15 is 0 Å². The van der Waals surface area contributed by atoms with E-state index in [1.165, 1.54) is 44.9 Å². The van der Waals surface area contributed by atoms with E-state index < -0.39 is 0 Å². The summed E-state index contributed by atoms with van der Waals surface area (Å²) >= 11 is 11.8. The van der Waals surface area contributed by atoms with Crippen molar-refractivity contribution in [3.05, 3.63) is 28.2 Å². The van der Waals surface area contributed by atoms with Crippen LogP contribution in [0.5, 0.6) is 5.75 Å². The van der Waals surface area contributed by atoms with Gasteiger partial charge in [0, 0.05) is 11.6 Å². The lowest BCUT2D eigenvalue weighted by Gasteiger charge is -2.09. The summed E-state index contributed by atoms with van der Waals surface area (Å²) in [6.07, 6.45) is 11.4. The Kier molecular flexibility index (Phi) is 11.8. The molecule has 1 aromatic carbocycles. The van der Waals surface area contributed by atoms with Crippen molar-refractivity contribution in [3.63, 3.8) is 0 Å². The second kappa shape index (κ2) is 13.4. The SMILES string of the molecule is CCCCCCCCCCCNC(=O)COc1ccc(Cl)cc1Cl. The summed E-state index contributed by atoms with van der Waals surface area (Å²) in [5.74, 6) is 0.347. The lowest BCUT2D eigenvalue weighted by atomic mass is 10.1. The number of unbranched alkanes of at least 4 members (excludes halogenated alkanes) is 8. The predicted octanol–water partition coefficient (Wildman–Crippen LogP) is 6.02. The smallest absolute Gasteiger partial charge is 0.257 e. The average molecular weight is 374 g/mol. The second-order valence-electron chi connectivity index (χ2n) is 6.04. The monoisotopic (exact) mass is 373 g/mol. The van der Waals surface area contributed by atoms with Gasteiger partial charge in [0.1, 0.15) is 5.75 Å². The molecular weight excluding hydrogens is 345 g/mol. The second-order valence-corrected chi connectivity index (χ2v) is 6.89. The fourth-order valence-corrected chi connectivity index (χ4v) is 2.91. The van der Waals surface area contributed by atoms with Crippen LogP contribution in [0, 0.1) is 0 Å². The molecule has 1 rings (SSSR count). The molecule has 0 aliphatic carbocycles. The molecule has 136 valence electrons. The summed E-state index contributed by atoms with van der Waals surface area (Å²) in [5, 5.41) is 3.82. The van der Waals surface area contributed by atoms with E-state index in [-0.39, 0.29) is 12.5 Å². The molecule has 0 aliphatic heterocycles. The number of hydrogen-bond donors (Lipinski definition) is 1. The molecule has 0 atom stereocenters. The van der Waals surface area contributed by atoms with E-state index in [0.29, 0.717) is 22.3 Å². The fourth-order valence-electron chi connectivity index (χ4n) is 2.45. The Morgan fingerprint density at radius 1 is 1.00 bits per heavy atom. The molecule has 0 bridgehead atoms. The number of rotatable bonds is 13. The lowest BCUT2D eigenvalue weighted by molar-refractivity contribution is -0.123. The van der Waals surface area contributed by atoms with E-state index in [0.717, 1.165) is 12.8 Å². The van der Waals surface area contributed by atoms with Gasteiger partial charge in [-0.05, 0) is 24.6 Å². The molecule has 0 aromatic heterocycles. The number of carbonyl (C=O) groups excluding carboxylic acids is 1. The molecule has 0 aliphatic rings. The Morgan fingerprint density at radius 2 is 1.62 bits per heavy atom. The van der Waals surface area contributed by atoms with Crippen LogP contribution in [-0.2, 0) is 4.79 Å². The molecule has 0 heterocycles. The summed E-state index contributed by atoms with van der Waals surface area (Å²) < 4.78 is 5.39. The lowest BCUT2D eigenvalue weighted by Crippen LogP contribution is -2.29. The highest BCUT2D eigenvalue weighted by atomic mass is 35.5. The van der Waals surface area contributed by atoms with Crippen molar-refractivity contribution in [2.24, 2.45) is 0 Å². The van der Waals surface area contributed by atoms with Crippen molar-refractivity contribution < 1.29 is 9.53 Å². The van der Waals surface area contributed by atoms with Crippen LogP contribution in [0.2, 0.25) is 10.0 Å². The van der Waals surface area contributed by atoms with Gasteiger partial charge >= 0.3 is 0 Å². The summed E-state index contributed by atoms with van der Waals surface area (Å²) in [5.41, 5.74) is 0. The van der Waals surface area contributed by atoms with Gasteiger partial charge in [0.15, 0.2) is 6.61 Å². The molecule has 3 nitrogen and oxygen atoms in total. The van der Waals surface area contributed by atoms with Gasteiger partial charge in [-0.1, -0.05) is 81.5 Å². The van der Waals surface area contributed by atoms with Crippen LogP contribution >= 0.6 is 23.2 Å². The maximum absolute atomic E-state index is 11.7. The van der Waals surface area contributed by atoms with Crippen LogP contribution < -0.4 is 10.1 Å². The van der Waals surface area contributed by atoms with Crippen molar-refractivity contribution in [3.8, 4) is 5.75 Å². The number of hydrogen-bond acceptors (Lipinski definition) is 2. The highest BCUT2D eigenvalue weighted by Gasteiger charge is 2.06. The van der Waals surface area contributed by atoms with Crippen molar-refractivity contribution in [2.75, 3.05) is 13.2 Å². The van der Waals surface area contributed by atoms with E-state index in [1.54, 1.807) is 18.2 Å². The largest absolute Gasteiger partial charge is 0.482 e. The fraction of sp³-hybridized carbons (Fsp3) is 0.632. The average Bonchev–Trinajstić information content (AvgIpc) is 2.56. The summed E-state index contributed by atoms with van der Waals surface area (Å²) in [6.45, 7) is 2.91. The first-order chi connectivity index (χ1) is 11.6. The van der Waals surface area contributed by atoms with Gasteiger partial charge in [-0.3, -0.25) is 4.79 Å². The van der Waals surface area contributed by atoms with Crippen LogP contribution in [0.15, 0.2) is 18.2 Å². The topological polar surface area (TPSA) is 38.3 Å².